The van der Waals surface area contributed by atoms with Crippen LogP contribution >= 0.6 is 0 Å². The van der Waals surface area contributed by atoms with Gasteiger partial charge in [-0.25, -0.2) is 15.0 Å². The van der Waals surface area contributed by atoms with E-state index in [2.05, 4.69) is 164 Å². The summed E-state index contributed by atoms with van der Waals surface area (Å²) in [5.41, 5.74) is 9.74. The molecule has 0 fully saturated rings. The van der Waals surface area contributed by atoms with Crippen LogP contribution in [0, 0.1) is 0 Å². The first-order chi connectivity index (χ1) is 24.8. The van der Waals surface area contributed by atoms with Gasteiger partial charge in [-0.15, -0.1) is 0 Å². The van der Waals surface area contributed by atoms with Crippen molar-refractivity contribution in [1.29, 1.82) is 0 Å². The maximum absolute atomic E-state index is 5.22. The van der Waals surface area contributed by atoms with Crippen molar-refractivity contribution in [3.63, 3.8) is 0 Å². The van der Waals surface area contributed by atoms with Crippen LogP contribution in [0.1, 0.15) is 0 Å². The zero-order valence-corrected chi connectivity index (χ0v) is 27.2. The van der Waals surface area contributed by atoms with Gasteiger partial charge in [0.15, 0.2) is 17.5 Å². The third-order valence-electron chi connectivity index (χ3n) is 9.32. The fourth-order valence-electron chi connectivity index (χ4n) is 6.87. The summed E-state index contributed by atoms with van der Waals surface area (Å²) in [5.74, 6) is 1.91. The van der Waals surface area contributed by atoms with E-state index in [0.717, 1.165) is 38.8 Å². The lowest BCUT2D eigenvalue weighted by Crippen LogP contribution is -2.01. The van der Waals surface area contributed by atoms with Crippen molar-refractivity contribution in [2.45, 2.75) is 0 Å². The fourth-order valence-corrected chi connectivity index (χ4v) is 6.87. The largest absolute Gasteiger partial charge is 0.208 e. The molecule has 0 atom stereocenters. The Morgan fingerprint density at radius 3 is 1.28 bits per heavy atom. The maximum atomic E-state index is 5.22. The van der Waals surface area contributed by atoms with E-state index in [1.165, 1.54) is 32.8 Å². The highest BCUT2D eigenvalue weighted by atomic mass is 15.0. The first-order valence-electron chi connectivity index (χ1n) is 16.9. The molecule has 0 unspecified atom stereocenters. The highest BCUT2D eigenvalue weighted by Gasteiger charge is 2.18. The summed E-state index contributed by atoms with van der Waals surface area (Å²) < 4.78 is 0. The van der Waals surface area contributed by atoms with E-state index in [-0.39, 0.29) is 0 Å². The molecule has 50 heavy (non-hydrogen) atoms. The van der Waals surface area contributed by atoms with Gasteiger partial charge in [-0.3, -0.25) is 0 Å². The van der Waals surface area contributed by atoms with Crippen LogP contribution in [-0.4, -0.2) is 15.0 Å². The number of hydrogen-bond acceptors (Lipinski definition) is 3. The van der Waals surface area contributed by atoms with Gasteiger partial charge in [-0.2, -0.15) is 0 Å². The number of aromatic nitrogens is 3. The van der Waals surface area contributed by atoms with Crippen LogP contribution in [0.4, 0.5) is 0 Å². The molecular formula is C47H31N3. The Bertz CT molecular complexity index is 2630. The fraction of sp³-hybridized carbons (Fsp3) is 0. The SMILES string of the molecule is c1ccc(-c2nc(-c3cccc(-c4ccc(-c5ccccc5)c5ccccc45)c3)nc(-c3cc4ccccc4cc3-c3ccccc3)n2)cc1. The van der Waals surface area contributed by atoms with Crippen molar-refractivity contribution >= 4 is 21.5 Å². The first-order valence-corrected chi connectivity index (χ1v) is 16.9. The van der Waals surface area contributed by atoms with Gasteiger partial charge in [0.25, 0.3) is 0 Å². The van der Waals surface area contributed by atoms with Crippen LogP contribution in [0.25, 0.3) is 89.1 Å². The Labute approximate surface area is 291 Å². The molecule has 0 N–H and O–H groups in total. The van der Waals surface area contributed by atoms with Crippen LogP contribution < -0.4 is 0 Å². The Morgan fingerprint density at radius 1 is 0.240 bits per heavy atom. The average molecular weight is 638 g/mol. The summed E-state index contributed by atoms with van der Waals surface area (Å²) in [4.78, 5) is 15.4. The zero-order valence-electron chi connectivity index (χ0n) is 27.2. The number of nitrogens with zero attached hydrogens (tertiary/aromatic N) is 3. The number of fused-ring (bicyclic) bond motifs is 2. The number of rotatable bonds is 6. The van der Waals surface area contributed by atoms with Gasteiger partial charge in [0.05, 0.1) is 0 Å². The standard InChI is InChI=1S/C47H31N3/c1-4-15-32(16-5-1)39-27-28-40(42-26-13-12-25-41(39)42)37-23-14-24-38(29-37)46-48-45(34-19-8-3-9-20-34)49-47(50-46)44-31-36-22-11-10-21-35(36)30-43(44)33-17-6-2-7-18-33/h1-31H. The summed E-state index contributed by atoms with van der Waals surface area (Å²) in [5, 5.41) is 4.74. The monoisotopic (exact) mass is 637 g/mol. The lowest BCUT2D eigenvalue weighted by atomic mass is 9.91. The molecule has 9 aromatic rings. The molecule has 0 bridgehead atoms. The molecule has 0 amide bonds. The molecule has 1 heterocycles. The molecule has 0 saturated heterocycles. The molecule has 0 aliphatic rings. The summed E-state index contributed by atoms with van der Waals surface area (Å²) >= 11 is 0. The summed E-state index contributed by atoms with van der Waals surface area (Å²) in [6.07, 6.45) is 0. The van der Waals surface area contributed by atoms with Gasteiger partial charge in [-0.05, 0) is 73.1 Å². The van der Waals surface area contributed by atoms with Crippen molar-refractivity contribution in [1.82, 2.24) is 15.0 Å². The molecule has 0 saturated carbocycles. The van der Waals surface area contributed by atoms with Gasteiger partial charge in [0, 0.05) is 16.7 Å². The van der Waals surface area contributed by atoms with Crippen LogP contribution in [0.2, 0.25) is 0 Å². The van der Waals surface area contributed by atoms with Crippen LogP contribution in [-0.2, 0) is 0 Å². The molecule has 8 aromatic carbocycles. The van der Waals surface area contributed by atoms with E-state index in [1.807, 2.05) is 24.3 Å². The normalized spacial score (nSPS) is 11.2. The predicted octanol–water partition coefficient (Wildman–Crippen LogP) is 12.2. The molecule has 0 radical (unpaired) electrons. The third kappa shape index (κ3) is 5.51. The van der Waals surface area contributed by atoms with Crippen molar-refractivity contribution in [2.24, 2.45) is 0 Å². The Morgan fingerprint density at radius 2 is 0.660 bits per heavy atom. The second-order valence-electron chi connectivity index (χ2n) is 12.4. The summed E-state index contributed by atoms with van der Waals surface area (Å²) in [7, 11) is 0. The van der Waals surface area contributed by atoms with E-state index >= 15 is 0 Å². The van der Waals surface area contributed by atoms with Gasteiger partial charge >= 0.3 is 0 Å². The maximum Gasteiger partial charge on any atom is 0.164 e. The number of hydrogen-bond donors (Lipinski definition) is 0. The minimum absolute atomic E-state index is 0.632. The second-order valence-corrected chi connectivity index (χ2v) is 12.4. The van der Waals surface area contributed by atoms with Crippen molar-refractivity contribution in [3.05, 3.63) is 188 Å². The second kappa shape index (κ2) is 12.7. The van der Waals surface area contributed by atoms with E-state index in [9.17, 15) is 0 Å². The lowest BCUT2D eigenvalue weighted by Gasteiger charge is -2.15. The predicted molar refractivity (Wildman–Crippen MR) is 207 cm³/mol. The third-order valence-corrected chi connectivity index (χ3v) is 9.32. The number of benzene rings is 8. The topological polar surface area (TPSA) is 38.7 Å². The Balaban J connectivity index is 1.23. The lowest BCUT2D eigenvalue weighted by molar-refractivity contribution is 1.07. The zero-order chi connectivity index (χ0) is 33.3. The molecule has 1 aromatic heterocycles. The smallest absolute Gasteiger partial charge is 0.164 e. The Hall–Kier alpha value is -6.71. The van der Waals surface area contributed by atoms with Gasteiger partial charge in [-0.1, -0.05) is 170 Å². The average Bonchev–Trinajstić information content (AvgIpc) is 3.21. The Kier molecular flexibility index (Phi) is 7.49. The highest BCUT2D eigenvalue weighted by molar-refractivity contribution is 6.05. The van der Waals surface area contributed by atoms with E-state index in [0.29, 0.717) is 17.5 Å². The molecule has 234 valence electrons. The molecular weight excluding hydrogens is 607 g/mol. The minimum atomic E-state index is 0.632. The molecule has 0 spiro atoms. The first kappa shape index (κ1) is 29.4. The molecule has 3 heteroatoms. The van der Waals surface area contributed by atoms with Crippen LogP contribution in [0.15, 0.2) is 188 Å². The van der Waals surface area contributed by atoms with Gasteiger partial charge in [0.2, 0.25) is 0 Å². The molecule has 9 rings (SSSR count). The van der Waals surface area contributed by atoms with E-state index < -0.39 is 0 Å². The van der Waals surface area contributed by atoms with Crippen LogP contribution in [0.5, 0.6) is 0 Å². The van der Waals surface area contributed by atoms with Crippen molar-refractivity contribution < 1.29 is 0 Å². The molecule has 0 aliphatic heterocycles. The molecule has 3 nitrogen and oxygen atoms in total. The quantitative estimate of drug-likeness (QED) is 0.182. The summed E-state index contributed by atoms with van der Waals surface area (Å²) in [6, 6.07) is 65.8. The van der Waals surface area contributed by atoms with E-state index in [4.69, 9.17) is 15.0 Å². The van der Waals surface area contributed by atoms with Crippen molar-refractivity contribution in [3.8, 4) is 67.5 Å². The summed E-state index contributed by atoms with van der Waals surface area (Å²) in [6.45, 7) is 0. The molecule has 0 aliphatic carbocycles. The minimum Gasteiger partial charge on any atom is -0.208 e. The van der Waals surface area contributed by atoms with E-state index in [1.54, 1.807) is 0 Å². The van der Waals surface area contributed by atoms with Gasteiger partial charge < -0.3 is 0 Å². The van der Waals surface area contributed by atoms with Gasteiger partial charge in [0.1, 0.15) is 0 Å². The van der Waals surface area contributed by atoms with Crippen LogP contribution in [0.3, 0.4) is 0 Å². The van der Waals surface area contributed by atoms with Crippen molar-refractivity contribution in [2.75, 3.05) is 0 Å². The highest BCUT2D eigenvalue weighted by Crippen LogP contribution is 2.38.